The molecule has 1 heterocycles. The fraction of sp³-hybridized carbons (Fsp3) is 0.467. The number of carbonyl (C=O) groups is 2. The Hall–Kier alpha value is -1.41. The summed E-state index contributed by atoms with van der Waals surface area (Å²) in [6.07, 6.45) is -5.50. The van der Waals surface area contributed by atoms with E-state index in [-0.39, 0.29) is 12.3 Å². The molecule has 1 aliphatic rings. The first-order valence-electron chi connectivity index (χ1n) is 7.06. The highest BCUT2D eigenvalue weighted by Crippen LogP contribution is 2.45. The summed E-state index contributed by atoms with van der Waals surface area (Å²) >= 11 is 7.09. The molecule has 1 unspecified atom stereocenters. The molecule has 1 fully saturated rings. The number of aliphatic carboxylic acids is 1. The molecule has 1 atom stereocenters. The van der Waals surface area contributed by atoms with Gasteiger partial charge < -0.3 is 10.0 Å². The zero-order chi connectivity index (χ0) is 18.0. The molecule has 132 valence electrons. The van der Waals surface area contributed by atoms with Gasteiger partial charge in [0.25, 0.3) is 0 Å². The molecule has 0 spiro atoms. The number of benzene rings is 1. The Balaban J connectivity index is 1.91. The van der Waals surface area contributed by atoms with Crippen LogP contribution in [0.2, 0.25) is 5.02 Å². The normalized spacial score (nSPS) is 21.1. The Morgan fingerprint density at radius 3 is 2.62 bits per heavy atom. The summed E-state index contributed by atoms with van der Waals surface area (Å²) in [4.78, 5) is 24.1. The van der Waals surface area contributed by atoms with Crippen molar-refractivity contribution in [1.29, 1.82) is 0 Å². The van der Waals surface area contributed by atoms with Crippen LogP contribution in [0.4, 0.5) is 13.2 Å². The van der Waals surface area contributed by atoms with Crippen LogP contribution in [-0.2, 0) is 15.3 Å². The van der Waals surface area contributed by atoms with Gasteiger partial charge in [-0.3, -0.25) is 9.59 Å². The third kappa shape index (κ3) is 3.97. The summed E-state index contributed by atoms with van der Waals surface area (Å²) in [5.74, 6) is -1.95. The first-order valence-corrected chi connectivity index (χ1v) is 8.59. The maximum absolute atomic E-state index is 13.1. The highest BCUT2D eigenvalue weighted by Gasteiger charge is 2.64. The first kappa shape index (κ1) is 18.9. The second-order valence-corrected chi connectivity index (χ2v) is 7.00. The van der Waals surface area contributed by atoms with Gasteiger partial charge in [-0.15, -0.1) is 11.8 Å². The van der Waals surface area contributed by atoms with E-state index in [1.807, 2.05) is 6.07 Å². The number of carboxylic acids is 1. The minimum Gasteiger partial charge on any atom is -0.481 e. The number of halogens is 4. The van der Waals surface area contributed by atoms with E-state index in [1.54, 1.807) is 18.2 Å². The number of hydrogen-bond donors (Lipinski definition) is 1. The van der Waals surface area contributed by atoms with Crippen LogP contribution in [0, 0.1) is 5.41 Å². The second-order valence-electron chi connectivity index (χ2n) is 5.57. The highest BCUT2D eigenvalue weighted by molar-refractivity contribution is 7.99. The van der Waals surface area contributed by atoms with Crippen LogP contribution in [-0.4, -0.2) is 46.9 Å². The predicted molar refractivity (Wildman–Crippen MR) is 84.9 cm³/mol. The van der Waals surface area contributed by atoms with Crippen molar-refractivity contribution in [3.8, 4) is 0 Å². The van der Waals surface area contributed by atoms with E-state index < -0.39 is 36.4 Å². The Labute approximate surface area is 146 Å². The molecule has 1 N–H and O–H groups in total. The van der Waals surface area contributed by atoms with Crippen molar-refractivity contribution in [3.63, 3.8) is 0 Å². The van der Waals surface area contributed by atoms with E-state index in [0.29, 0.717) is 10.8 Å². The Bertz CT molecular complexity index is 641. The van der Waals surface area contributed by atoms with Gasteiger partial charge in [-0.1, -0.05) is 23.7 Å². The van der Waals surface area contributed by atoms with Crippen molar-refractivity contribution >= 4 is 35.2 Å². The van der Waals surface area contributed by atoms with Gasteiger partial charge in [0.05, 0.1) is 5.75 Å². The number of amides is 1. The van der Waals surface area contributed by atoms with E-state index in [1.165, 1.54) is 11.8 Å². The molecule has 0 aliphatic carbocycles. The van der Waals surface area contributed by atoms with Crippen LogP contribution in [0.5, 0.6) is 0 Å². The van der Waals surface area contributed by atoms with Crippen LogP contribution in [0.3, 0.4) is 0 Å². The third-order valence-electron chi connectivity index (χ3n) is 3.96. The maximum Gasteiger partial charge on any atom is 0.406 e. The molecule has 1 aromatic carbocycles. The minimum atomic E-state index is -4.89. The SMILES string of the molecule is O=C(CSCc1cccc(Cl)c1)N1CCC(C(=O)O)(C(F)(F)F)C1. The van der Waals surface area contributed by atoms with E-state index in [0.717, 1.165) is 10.5 Å². The number of likely N-dealkylation sites (tertiary alicyclic amines) is 1. The standard InChI is InChI=1S/C15H15ClF3NO3S/c16-11-3-1-2-10(6-11)7-24-8-12(21)20-5-4-14(9-20,13(22)23)15(17,18)19/h1-3,6H,4-5,7-9H2,(H,22,23). The maximum atomic E-state index is 13.1. The second kappa shape index (κ2) is 7.23. The van der Waals surface area contributed by atoms with Gasteiger partial charge in [-0.2, -0.15) is 13.2 Å². The summed E-state index contributed by atoms with van der Waals surface area (Å²) in [7, 11) is 0. The van der Waals surface area contributed by atoms with Gasteiger partial charge in [0.2, 0.25) is 5.91 Å². The van der Waals surface area contributed by atoms with Crippen molar-refractivity contribution in [3.05, 3.63) is 34.9 Å². The quantitative estimate of drug-likeness (QED) is 0.848. The van der Waals surface area contributed by atoms with E-state index in [2.05, 4.69) is 0 Å². The van der Waals surface area contributed by atoms with Crippen molar-refractivity contribution in [2.45, 2.75) is 18.3 Å². The average Bonchev–Trinajstić information content (AvgIpc) is 2.93. The van der Waals surface area contributed by atoms with E-state index >= 15 is 0 Å². The fourth-order valence-electron chi connectivity index (χ4n) is 2.52. The molecule has 1 amide bonds. The number of nitrogens with zero attached hydrogens (tertiary/aromatic N) is 1. The fourth-order valence-corrected chi connectivity index (χ4v) is 3.61. The molecule has 2 rings (SSSR count). The number of alkyl halides is 3. The topological polar surface area (TPSA) is 57.6 Å². The third-order valence-corrected chi connectivity index (χ3v) is 5.18. The summed E-state index contributed by atoms with van der Waals surface area (Å²) < 4.78 is 39.2. The summed E-state index contributed by atoms with van der Waals surface area (Å²) in [5, 5.41) is 9.54. The van der Waals surface area contributed by atoms with Gasteiger partial charge >= 0.3 is 12.1 Å². The average molecular weight is 382 g/mol. The molecule has 1 saturated heterocycles. The van der Waals surface area contributed by atoms with E-state index in [4.69, 9.17) is 16.7 Å². The Morgan fingerprint density at radius 2 is 2.08 bits per heavy atom. The molecule has 0 aromatic heterocycles. The van der Waals surface area contributed by atoms with Gasteiger partial charge in [0.15, 0.2) is 5.41 Å². The van der Waals surface area contributed by atoms with Crippen LogP contribution < -0.4 is 0 Å². The van der Waals surface area contributed by atoms with Gasteiger partial charge in [-0.25, -0.2) is 0 Å². The molecule has 1 aromatic rings. The van der Waals surface area contributed by atoms with Crippen molar-refractivity contribution < 1.29 is 27.9 Å². The molecule has 0 radical (unpaired) electrons. The molecule has 24 heavy (non-hydrogen) atoms. The number of thioether (sulfide) groups is 1. The number of carboxylic acid groups (broad SMARTS) is 1. The van der Waals surface area contributed by atoms with Crippen LogP contribution >= 0.6 is 23.4 Å². The monoisotopic (exact) mass is 381 g/mol. The molecule has 9 heteroatoms. The number of rotatable bonds is 5. The van der Waals surface area contributed by atoms with Gasteiger partial charge in [0.1, 0.15) is 0 Å². The van der Waals surface area contributed by atoms with Crippen molar-refractivity contribution in [2.24, 2.45) is 5.41 Å². The molecule has 4 nitrogen and oxygen atoms in total. The van der Waals surface area contributed by atoms with Gasteiger partial charge in [0, 0.05) is 23.9 Å². The van der Waals surface area contributed by atoms with Crippen LogP contribution in [0.25, 0.3) is 0 Å². The minimum absolute atomic E-state index is 0.0138. The largest absolute Gasteiger partial charge is 0.481 e. The molecular formula is C15H15ClF3NO3S. The highest BCUT2D eigenvalue weighted by atomic mass is 35.5. The summed E-state index contributed by atoms with van der Waals surface area (Å²) in [6, 6.07) is 7.06. The molecular weight excluding hydrogens is 367 g/mol. The number of hydrogen-bond acceptors (Lipinski definition) is 3. The van der Waals surface area contributed by atoms with Gasteiger partial charge in [-0.05, 0) is 24.1 Å². The number of carbonyl (C=O) groups excluding carboxylic acids is 1. The van der Waals surface area contributed by atoms with Crippen molar-refractivity contribution in [1.82, 2.24) is 4.90 Å². The van der Waals surface area contributed by atoms with Crippen molar-refractivity contribution in [2.75, 3.05) is 18.8 Å². The molecule has 0 bridgehead atoms. The van der Waals surface area contributed by atoms with Crippen LogP contribution in [0.15, 0.2) is 24.3 Å². The first-order chi connectivity index (χ1) is 11.2. The molecule has 0 saturated carbocycles. The smallest absolute Gasteiger partial charge is 0.406 e. The Kier molecular flexibility index (Phi) is 5.70. The Morgan fingerprint density at radius 1 is 1.38 bits per heavy atom. The lowest BCUT2D eigenvalue weighted by molar-refractivity contribution is -0.227. The molecule has 1 aliphatic heterocycles. The lowest BCUT2D eigenvalue weighted by atomic mass is 9.86. The van der Waals surface area contributed by atoms with Crippen LogP contribution in [0.1, 0.15) is 12.0 Å². The zero-order valence-corrected chi connectivity index (χ0v) is 14.0. The predicted octanol–water partition coefficient (Wildman–Crippen LogP) is 3.44. The lowest BCUT2D eigenvalue weighted by Gasteiger charge is -2.27. The lowest BCUT2D eigenvalue weighted by Crippen LogP contribution is -2.48. The summed E-state index contributed by atoms with van der Waals surface area (Å²) in [6.45, 7) is -1.04. The summed E-state index contributed by atoms with van der Waals surface area (Å²) in [5.41, 5.74) is -1.96. The zero-order valence-electron chi connectivity index (χ0n) is 12.5. The van der Waals surface area contributed by atoms with E-state index in [9.17, 15) is 22.8 Å².